The lowest BCUT2D eigenvalue weighted by Crippen LogP contribution is -2.43. The number of imide groups is 1. The van der Waals surface area contributed by atoms with E-state index in [1.807, 2.05) is 0 Å². The van der Waals surface area contributed by atoms with Crippen molar-refractivity contribution < 1.29 is 33.4 Å². The quantitative estimate of drug-likeness (QED) is 0.221. The van der Waals surface area contributed by atoms with Crippen LogP contribution in [0.25, 0.3) is 0 Å². The number of oxime groups is 1. The number of nitrogens with zero attached hydrogens (tertiary/aromatic N) is 3. The Hall–Kier alpha value is -2.40. The number of rotatable bonds is 5. The van der Waals surface area contributed by atoms with Crippen molar-refractivity contribution in [3.8, 4) is 0 Å². The summed E-state index contributed by atoms with van der Waals surface area (Å²) in [5.41, 5.74) is -2.95. The minimum absolute atomic E-state index is 0.0218. The zero-order valence-corrected chi connectivity index (χ0v) is 22.3. The Balaban J connectivity index is 3.55. The van der Waals surface area contributed by atoms with Gasteiger partial charge >= 0.3 is 18.2 Å². The predicted molar refractivity (Wildman–Crippen MR) is 126 cm³/mol. The molecule has 1 rings (SSSR count). The first-order valence-corrected chi connectivity index (χ1v) is 11.4. The van der Waals surface area contributed by atoms with Gasteiger partial charge in [-0.1, -0.05) is 28.1 Å². The first-order valence-electron chi connectivity index (χ1n) is 10.2. The fourth-order valence-electron chi connectivity index (χ4n) is 1.94. The van der Waals surface area contributed by atoms with E-state index in [1.54, 1.807) is 69.2 Å². The maximum Gasteiger partial charge on any atom is 0.426 e. The molecule has 0 aliphatic rings. The van der Waals surface area contributed by atoms with Crippen LogP contribution in [0.15, 0.2) is 5.16 Å². The zero-order chi connectivity index (χ0) is 25.8. The molecule has 186 valence electrons. The fourth-order valence-corrected chi connectivity index (χ4v) is 3.05. The van der Waals surface area contributed by atoms with E-state index in [2.05, 4.69) is 10.1 Å². The molecule has 0 spiro atoms. The predicted octanol–water partition coefficient (Wildman–Crippen LogP) is 5.56. The molecule has 0 radical (unpaired) electrons. The van der Waals surface area contributed by atoms with Gasteiger partial charge in [0.1, 0.15) is 26.8 Å². The van der Waals surface area contributed by atoms with Gasteiger partial charge in [-0.2, -0.15) is 4.90 Å². The van der Waals surface area contributed by atoms with Crippen LogP contribution in [0.4, 0.5) is 14.7 Å². The number of amides is 2. The monoisotopic (exact) mass is 505 g/mol. The molecule has 0 fully saturated rings. The van der Waals surface area contributed by atoms with E-state index in [9.17, 15) is 14.4 Å². The van der Waals surface area contributed by atoms with Crippen LogP contribution in [0.5, 0.6) is 0 Å². The van der Waals surface area contributed by atoms with Gasteiger partial charge in [0, 0.05) is 0 Å². The standard InChI is InChI=1S/C21H32ClN3O7S/c1-11-29-15(26)13(24-32-21(8,9)10)12-14(22)33-16(23-12)25(17(27)30-19(2,3)4)18(28)31-20(5,6)7/h11H2,1-10H3/b24-13+. The Kier molecular flexibility index (Phi) is 9.27. The zero-order valence-electron chi connectivity index (χ0n) is 20.7. The molecule has 1 aromatic rings. The van der Waals surface area contributed by atoms with Crippen LogP contribution in [0.3, 0.4) is 0 Å². The largest absolute Gasteiger partial charge is 0.461 e. The van der Waals surface area contributed by atoms with Gasteiger partial charge in [-0.3, -0.25) is 0 Å². The van der Waals surface area contributed by atoms with Gasteiger partial charge in [-0.05, 0) is 69.2 Å². The molecule has 0 aliphatic heterocycles. The number of carbonyl (C=O) groups is 3. The molecule has 0 aliphatic carbocycles. The summed E-state index contributed by atoms with van der Waals surface area (Å²) in [6.45, 7) is 16.8. The molecule has 0 atom stereocenters. The summed E-state index contributed by atoms with van der Waals surface area (Å²) in [6, 6.07) is 0. The molecule has 33 heavy (non-hydrogen) atoms. The van der Waals surface area contributed by atoms with Crippen molar-refractivity contribution in [2.24, 2.45) is 5.16 Å². The smallest absolute Gasteiger partial charge is 0.426 e. The summed E-state index contributed by atoms with van der Waals surface area (Å²) in [6.07, 6.45) is -2.04. The molecule has 0 unspecified atom stereocenters. The Morgan fingerprint density at radius 3 is 1.82 bits per heavy atom. The molecule has 0 N–H and O–H groups in total. The summed E-state index contributed by atoms with van der Waals surface area (Å²) in [5.74, 6) is -0.832. The first-order chi connectivity index (χ1) is 14.8. The minimum Gasteiger partial charge on any atom is -0.461 e. The molecule has 1 aromatic heterocycles. The SMILES string of the molecule is CCOC(=O)/C(=N/OC(C)(C)C)c1nc(N(C(=O)OC(C)(C)C)C(=O)OC(C)(C)C)sc1Cl. The number of halogens is 1. The Labute approximate surface area is 203 Å². The van der Waals surface area contributed by atoms with Crippen LogP contribution in [0.2, 0.25) is 4.34 Å². The number of carbonyl (C=O) groups excluding carboxylic acids is 3. The number of aromatic nitrogens is 1. The van der Waals surface area contributed by atoms with E-state index in [0.29, 0.717) is 4.90 Å². The molecule has 0 bridgehead atoms. The molecule has 1 heterocycles. The highest BCUT2D eigenvalue weighted by atomic mass is 35.5. The highest BCUT2D eigenvalue weighted by Gasteiger charge is 2.36. The highest BCUT2D eigenvalue weighted by Crippen LogP contribution is 2.33. The fraction of sp³-hybridized carbons (Fsp3) is 0.667. The van der Waals surface area contributed by atoms with Crippen LogP contribution >= 0.6 is 22.9 Å². The Bertz CT molecular complexity index is 880. The maximum absolute atomic E-state index is 12.9. The lowest BCUT2D eigenvalue weighted by atomic mass is 10.2. The lowest BCUT2D eigenvalue weighted by molar-refractivity contribution is -0.135. The first kappa shape index (κ1) is 28.6. The molecule has 2 amide bonds. The van der Waals surface area contributed by atoms with Gasteiger partial charge in [0.2, 0.25) is 10.8 Å². The van der Waals surface area contributed by atoms with Crippen molar-refractivity contribution in [2.45, 2.75) is 86.0 Å². The van der Waals surface area contributed by atoms with Crippen molar-refractivity contribution in [3.05, 3.63) is 10.0 Å². The minimum atomic E-state index is -1.02. The second kappa shape index (κ2) is 10.7. The average Bonchev–Trinajstić information content (AvgIpc) is 2.92. The van der Waals surface area contributed by atoms with Crippen molar-refractivity contribution in [3.63, 3.8) is 0 Å². The number of hydrogen-bond acceptors (Lipinski definition) is 10. The number of esters is 1. The topological polar surface area (TPSA) is 117 Å². The third-order valence-electron chi connectivity index (χ3n) is 3.02. The third kappa shape index (κ3) is 9.55. The molecule has 12 heteroatoms. The van der Waals surface area contributed by atoms with Crippen molar-refractivity contribution in [2.75, 3.05) is 11.5 Å². The summed E-state index contributed by atoms with van der Waals surface area (Å²) in [7, 11) is 0. The summed E-state index contributed by atoms with van der Waals surface area (Å²) in [4.78, 5) is 48.4. The van der Waals surface area contributed by atoms with Gasteiger partial charge in [0.05, 0.1) is 6.61 Å². The van der Waals surface area contributed by atoms with E-state index in [0.717, 1.165) is 11.3 Å². The molecular formula is C21H32ClN3O7S. The van der Waals surface area contributed by atoms with Gasteiger partial charge in [0.15, 0.2) is 0 Å². The van der Waals surface area contributed by atoms with Crippen molar-refractivity contribution >= 4 is 51.9 Å². The van der Waals surface area contributed by atoms with E-state index in [1.165, 1.54) is 0 Å². The van der Waals surface area contributed by atoms with Crippen LogP contribution in [-0.4, -0.2) is 52.3 Å². The summed E-state index contributed by atoms with van der Waals surface area (Å²) in [5, 5.41) is 3.70. The Morgan fingerprint density at radius 1 is 0.939 bits per heavy atom. The van der Waals surface area contributed by atoms with Crippen molar-refractivity contribution in [1.29, 1.82) is 0 Å². The van der Waals surface area contributed by atoms with Gasteiger partial charge in [-0.15, -0.1) is 0 Å². The summed E-state index contributed by atoms with van der Waals surface area (Å²) >= 11 is 7.10. The number of thiazole rings is 1. The van der Waals surface area contributed by atoms with Gasteiger partial charge in [0.25, 0.3) is 0 Å². The third-order valence-corrected chi connectivity index (χ3v) is 4.26. The number of ether oxygens (including phenoxy) is 3. The van der Waals surface area contributed by atoms with Crippen LogP contribution in [0.1, 0.15) is 74.9 Å². The van der Waals surface area contributed by atoms with E-state index >= 15 is 0 Å². The van der Waals surface area contributed by atoms with E-state index < -0.39 is 35.0 Å². The Morgan fingerprint density at radius 2 is 1.42 bits per heavy atom. The van der Waals surface area contributed by atoms with Crippen LogP contribution < -0.4 is 4.90 Å². The molecule has 10 nitrogen and oxygen atoms in total. The van der Waals surface area contributed by atoms with Gasteiger partial charge in [-0.25, -0.2) is 19.4 Å². The lowest BCUT2D eigenvalue weighted by Gasteiger charge is -2.27. The number of hydrogen-bond donors (Lipinski definition) is 0. The molecule has 0 saturated heterocycles. The van der Waals surface area contributed by atoms with Gasteiger partial charge < -0.3 is 19.0 Å². The summed E-state index contributed by atoms with van der Waals surface area (Å²) < 4.78 is 15.7. The van der Waals surface area contributed by atoms with Crippen LogP contribution in [-0.2, 0) is 23.8 Å². The number of anilines is 1. The van der Waals surface area contributed by atoms with Crippen molar-refractivity contribution in [1.82, 2.24) is 4.98 Å². The second-order valence-electron chi connectivity index (χ2n) is 9.78. The molecular weight excluding hydrogens is 474 g/mol. The second-order valence-corrected chi connectivity index (χ2v) is 11.4. The average molecular weight is 506 g/mol. The highest BCUT2D eigenvalue weighted by molar-refractivity contribution is 7.20. The molecule has 0 saturated carbocycles. The normalized spacial score (nSPS) is 12.8. The molecule has 0 aromatic carbocycles. The van der Waals surface area contributed by atoms with Crippen LogP contribution in [0, 0.1) is 0 Å². The van der Waals surface area contributed by atoms with E-state index in [4.69, 9.17) is 30.6 Å². The van der Waals surface area contributed by atoms with E-state index in [-0.39, 0.29) is 27.5 Å². The maximum atomic E-state index is 12.9.